The van der Waals surface area contributed by atoms with Gasteiger partial charge >= 0.3 is 0 Å². The minimum absolute atomic E-state index is 0.169. The summed E-state index contributed by atoms with van der Waals surface area (Å²) >= 11 is 3.23. The second-order valence-electron chi connectivity index (χ2n) is 4.36. The molecule has 0 atom stereocenters. The molecule has 0 bridgehead atoms. The van der Waals surface area contributed by atoms with Crippen LogP contribution in [0.1, 0.15) is 44.9 Å². The van der Waals surface area contributed by atoms with Crippen LogP contribution in [0.4, 0.5) is 0 Å². The predicted molar refractivity (Wildman–Crippen MR) is 66.9 cm³/mol. The van der Waals surface area contributed by atoms with Crippen molar-refractivity contribution in [2.75, 3.05) is 6.54 Å². The Bertz CT molecular complexity index is 220. The van der Waals surface area contributed by atoms with Gasteiger partial charge in [-0.25, -0.2) is 0 Å². The molecule has 0 aromatic heterocycles. The highest BCUT2D eigenvalue weighted by molar-refractivity contribution is 9.11. The number of rotatable bonds is 4. The number of carbonyl (C=O) groups is 1. The molecule has 1 aliphatic carbocycles. The van der Waals surface area contributed by atoms with Crippen molar-refractivity contribution < 1.29 is 4.79 Å². The van der Waals surface area contributed by atoms with Crippen LogP contribution in [0, 0.1) is 5.92 Å². The molecule has 0 spiro atoms. The highest BCUT2D eigenvalue weighted by atomic mass is 79.9. The number of carbonyl (C=O) groups excluding carboxylic acids is 1. The molecule has 86 valence electrons. The molecule has 0 saturated heterocycles. The summed E-state index contributed by atoms with van der Waals surface area (Å²) < 4.78 is 0.830. The van der Waals surface area contributed by atoms with E-state index >= 15 is 0 Å². The largest absolute Gasteiger partial charge is 0.352 e. The number of hydrogen-bond donors (Lipinski definition) is 1. The van der Waals surface area contributed by atoms with Gasteiger partial charge in [0.05, 0.1) is 0 Å². The van der Waals surface area contributed by atoms with E-state index in [-0.39, 0.29) is 5.91 Å². The van der Waals surface area contributed by atoms with Crippen LogP contribution >= 0.6 is 15.9 Å². The molecule has 0 unspecified atom stereocenters. The smallest absolute Gasteiger partial charge is 0.220 e. The van der Waals surface area contributed by atoms with Crippen molar-refractivity contribution >= 4 is 21.8 Å². The second kappa shape index (κ2) is 7.04. The molecule has 0 aromatic rings. The highest BCUT2D eigenvalue weighted by Gasteiger charge is 2.15. The van der Waals surface area contributed by atoms with Gasteiger partial charge in [0.25, 0.3) is 0 Å². The van der Waals surface area contributed by atoms with Crippen molar-refractivity contribution in [3.05, 3.63) is 11.1 Å². The van der Waals surface area contributed by atoms with Crippen molar-refractivity contribution in [3.63, 3.8) is 0 Å². The fraction of sp³-hybridized carbons (Fsp3) is 0.750. The van der Waals surface area contributed by atoms with Crippen LogP contribution < -0.4 is 5.32 Å². The summed E-state index contributed by atoms with van der Waals surface area (Å²) in [6.07, 6.45) is 8.42. The topological polar surface area (TPSA) is 29.1 Å². The van der Waals surface area contributed by atoms with E-state index in [2.05, 4.69) is 27.8 Å². The van der Waals surface area contributed by atoms with Crippen LogP contribution in [-0.2, 0) is 4.79 Å². The maximum Gasteiger partial charge on any atom is 0.220 e. The summed E-state index contributed by atoms with van der Waals surface area (Å²) in [6.45, 7) is 4.24. The Hall–Kier alpha value is -0.310. The Morgan fingerprint density at radius 2 is 1.87 bits per heavy atom. The molecule has 0 aromatic carbocycles. The molecule has 2 nitrogen and oxygen atoms in total. The first-order valence-electron chi connectivity index (χ1n) is 5.78. The van der Waals surface area contributed by atoms with Crippen LogP contribution in [0.15, 0.2) is 11.1 Å². The zero-order valence-electron chi connectivity index (χ0n) is 9.23. The third-order valence-electron chi connectivity index (χ3n) is 2.93. The molecule has 1 aliphatic rings. The van der Waals surface area contributed by atoms with Crippen LogP contribution in [0.2, 0.25) is 0 Å². The Balaban J connectivity index is 2.20. The van der Waals surface area contributed by atoms with Gasteiger partial charge in [-0.2, -0.15) is 0 Å². The van der Waals surface area contributed by atoms with E-state index in [0.717, 1.165) is 4.48 Å². The minimum atomic E-state index is 0.169. The van der Waals surface area contributed by atoms with Gasteiger partial charge in [0, 0.05) is 17.4 Å². The lowest BCUT2D eigenvalue weighted by molar-refractivity contribution is -0.121. The predicted octanol–water partition coefficient (Wildman–Crippen LogP) is 3.37. The second-order valence-corrected chi connectivity index (χ2v) is 5.48. The first kappa shape index (κ1) is 12.8. The van der Waals surface area contributed by atoms with Crippen LogP contribution in [-0.4, -0.2) is 12.5 Å². The van der Waals surface area contributed by atoms with Gasteiger partial charge in [-0.3, -0.25) is 4.79 Å². The maximum absolute atomic E-state index is 11.6. The molecule has 1 rings (SSSR count). The summed E-state index contributed by atoms with van der Waals surface area (Å²) in [5.74, 6) is 0.776. The lowest BCUT2D eigenvalue weighted by Gasteiger charge is -2.13. The Labute approximate surface area is 101 Å². The maximum atomic E-state index is 11.6. The van der Waals surface area contributed by atoms with E-state index in [1.165, 1.54) is 38.5 Å². The lowest BCUT2D eigenvalue weighted by Crippen LogP contribution is -2.26. The monoisotopic (exact) mass is 273 g/mol. The van der Waals surface area contributed by atoms with Gasteiger partial charge in [-0.05, 0) is 18.8 Å². The number of amides is 1. The zero-order chi connectivity index (χ0) is 11.1. The molecule has 1 fully saturated rings. The van der Waals surface area contributed by atoms with Crippen LogP contribution in [0.25, 0.3) is 0 Å². The van der Waals surface area contributed by atoms with Gasteiger partial charge in [-0.15, -0.1) is 0 Å². The Kier molecular flexibility index (Phi) is 5.99. The van der Waals surface area contributed by atoms with Crippen molar-refractivity contribution in [3.8, 4) is 0 Å². The number of halogens is 1. The van der Waals surface area contributed by atoms with Crippen LogP contribution in [0.5, 0.6) is 0 Å². The van der Waals surface area contributed by atoms with Gasteiger partial charge in [0.1, 0.15) is 0 Å². The van der Waals surface area contributed by atoms with E-state index in [9.17, 15) is 4.79 Å². The van der Waals surface area contributed by atoms with E-state index in [0.29, 0.717) is 18.9 Å². The van der Waals surface area contributed by atoms with Gasteiger partial charge in [0.2, 0.25) is 5.91 Å². The first-order chi connectivity index (χ1) is 7.18. The molecule has 0 radical (unpaired) electrons. The molecular formula is C12H20BrNO. The van der Waals surface area contributed by atoms with Crippen molar-refractivity contribution in [2.45, 2.75) is 44.9 Å². The first-order valence-corrected chi connectivity index (χ1v) is 6.58. The van der Waals surface area contributed by atoms with E-state index in [4.69, 9.17) is 0 Å². The van der Waals surface area contributed by atoms with E-state index < -0.39 is 0 Å². The average molecular weight is 274 g/mol. The fourth-order valence-electron chi connectivity index (χ4n) is 2.10. The molecule has 0 aliphatic heterocycles. The molecular weight excluding hydrogens is 254 g/mol. The zero-order valence-corrected chi connectivity index (χ0v) is 10.8. The fourth-order valence-corrected chi connectivity index (χ4v) is 2.24. The molecule has 1 saturated carbocycles. The summed E-state index contributed by atoms with van der Waals surface area (Å²) in [5.41, 5.74) is 0. The molecule has 1 N–H and O–H groups in total. The standard InChI is InChI=1S/C12H20BrNO/c1-10(13)9-14-12(15)8-11-6-4-2-3-5-7-11/h11H,1-9H2,(H,14,15). The van der Waals surface area contributed by atoms with E-state index in [1.54, 1.807) is 0 Å². The Morgan fingerprint density at radius 1 is 1.27 bits per heavy atom. The molecule has 15 heavy (non-hydrogen) atoms. The van der Waals surface area contributed by atoms with Gasteiger partial charge in [-0.1, -0.05) is 48.2 Å². The van der Waals surface area contributed by atoms with Crippen molar-refractivity contribution in [1.82, 2.24) is 5.32 Å². The summed E-state index contributed by atoms with van der Waals surface area (Å²) in [5, 5.41) is 2.86. The number of hydrogen-bond acceptors (Lipinski definition) is 1. The third-order valence-corrected chi connectivity index (χ3v) is 3.21. The lowest BCUT2D eigenvalue weighted by atomic mass is 9.96. The Morgan fingerprint density at radius 3 is 2.40 bits per heavy atom. The average Bonchev–Trinajstić information content (AvgIpc) is 2.43. The van der Waals surface area contributed by atoms with Gasteiger partial charge in [0.15, 0.2) is 0 Å². The third kappa shape index (κ3) is 5.98. The summed E-state index contributed by atoms with van der Waals surface area (Å²) in [6, 6.07) is 0. The normalized spacial score (nSPS) is 18.2. The quantitative estimate of drug-likeness (QED) is 0.782. The summed E-state index contributed by atoms with van der Waals surface area (Å²) in [4.78, 5) is 11.6. The van der Waals surface area contributed by atoms with Gasteiger partial charge < -0.3 is 5.32 Å². The number of nitrogens with one attached hydrogen (secondary N) is 1. The highest BCUT2D eigenvalue weighted by Crippen LogP contribution is 2.25. The minimum Gasteiger partial charge on any atom is -0.352 e. The van der Waals surface area contributed by atoms with Crippen molar-refractivity contribution in [2.24, 2.45) is 5.92 Å². The summed E-state index contributed by atoms with van der Waals surface area (Å²) in [7, 11) is 0. The SMILES string of the molecule is C=C(Br)CNC(=O)CC1CCCCCC1. The molecule has 1 amide bonds. The molecule has 3 heteroatoms. The van der Waals surface area contributed by atoms with Crippen molar-refractivity contribution in [1.29, 1.82) is 0 Å². The molecule has 0 heterocycles. The van der Waals surface area contributed by atoms with Crippen LogP contribution in [0.3, 0.4) is 0 Å². The van der Waals surface area contributed by atoms with E-state index in [1.807, 2.05) is 0 Å².